The highest BCUT2D eigenvalue weighted by Gasteiger charge is 2.22. The van der Waals surface area contributed by atoms with E-state index in [9.17, 15) is 24.1 Å². The number of carbonyl (C=O) groups is 2. The van der Waals surface area contributed by atoms with Gasteiger partial charge in [0.05, 0.1) is 15.6 Å². The van der Waals surface area contributed by atoms with Crippen molar-refractivity contribution in [2.75, 3.05) is 5.32 Å². The maximum absolute atomic E-state index is 13.3. The molecule has 2 aromatic carbocycles. The van der Waals surface area contributed by atoms with Crippen molar-refractivity contribution >= 4 is 56.3 Å². The standard InChI is InChI=1S/C18H12ClFN2O5S/c1-9(17(23)21-14-4-3-12(22(25)26)8-13(14)19)27-18(24)16-7-10-6-11(20)2-5-15(10)28-16/h2-9H,1H3,(H,21,23). The normalized spacial score (nSPS) is 11.8. The lowest BCUT2D eigenvalue weighted by atomic mass is 10.2. The van der Waals surface area contributed by atoms with Crippen LogP contribution in [0, 0.1) is 15.9 Å². The minimum absolute atomic E-state index is 0.0207. The quantitative estimate of drug-likeness (QED) is 0.362. The van der Waals surface area contributed by atoms with E-state index in [0.29, 0.717) is 10.1 Å². The fraction of sp³-hybridized carbons (Fsp3) is 0.111. The molecule has 10 heteroatoms. The number of thiophene rings is 1. The minimum Gasteiger partial charge on any atom is -0.448 e. The molecule has 0 aliphatic heterocycles. The molecule has 0 bridgehead atoms. The van der Waals surface area contributed by atoms with E-state index >= 15 is 0 Å². The Balaban J connectivity index is 1.67. The van der Waals surface area contributed by atoms with Gasteiger partial charge in [0.25, 0.3) is 11.6 Å². The maximum atomic E-state index is 13.3. The molecule has 0 spiro atoms. The third kappa shape index (κ3) is 4.26. The minimum atomic E-state index is -1.15. The number of non-ortho nitro benzene ring substituents is 1. The molecule has 144 valence electrons. The van der Waals surface area contributed by atoms with Gasteiger partial charge in [-0.1, -0.05) is 11.6 Å². The molecule has 1 heterocycles. The predicted molar refractivity (Wildman–Crippen MR) is 103 cm³/mol. The number of hydrogen-bond donors (Lipinski definition) is 1. The fourth-order valence-corrected chi connectivity index (χ4v) is 3.49. The zero-order valence-electron chi connectivity index (χ0n) is 14.3. The van der Waals surface area contributed by atoms with Crippen molar-refractivity contribution < 1.29 is 23.6 Å². The highest BCUT2D eigenvalue weighted by atomic mass is 35.5. The number of anilines is 1. The molecular formula is C18H12ClFN2O5S. The average Bonchev–Trinajstić information content (AvgIpc) is 3.06. The van der Waals surface area contributed by atoms with Gasteiger partial charge in [-0.25, -0.2) is 9.18 Å². The Morgan fingerprint density at radius 3 is 2.68 bits per heavy atom. The molecule has 3 rings (SSSR count). The van der Waals surface area contributed by atoms with Crippen molar-refractivity contribution in [2.24, 2.45) is 0 Å². The van der Waals surface area contributed by atoms with Crippen molar-refractivity contribution in [1.29, 1.82) is 0 Å². The summed E-state index contributed by atoms with van der Waals surface area (Å²) in [5.74, 6) is -1.80. The van der Waals surface area contributed by atoms with Crippen LogP contribution in [0.2, 0.25) is 5.02 Å². The second-order valence-electron chi connectivity index (χ2n) is 5.75. The summed E-state index contributed by atoms with van der Waals surface area (Å²) < 4.78 is 19.1. The fourth-order valence-electron chi connectivity index (χ4n) is 2.34. The van der Waals surface area contributed by atoms with Crippen LogP contribution in [0.1, 0.15) is 16.6 Å². The molecule has 28 heavy (non-hydrogen) atoms. The van der Waals surface area contributed by atoms with Gasteiger partial charge in [-0.2, -0.15) is 0 Å². The maximum Gasteiger partial charge on any atom is 0.349 e. The molecule has 0 fully saturated rings. The van der Waals surface area contributed by atoms with Crippen LogP contribution in [0.25, 0.3) is 10.1 Å². The molecular weight excluding hydrogens is 411 g/mol. The van der Waals surface area contributed by atoms with Crippen LogP contribution in [0.4, 0.5) is 15.8 Å². The first-order valence-corrected chi connectivity index (χ1v) is 9.09. The summed E-state index contributed by atoms with van der Waals surface area (Å²) in [7, 11) is 0. The zero-order valence-corrected chi connectivity index (χ0v) is 15.8. The lowest BCUT2D eigenvalue weighted by Gasteiger charge is -2.13. The first kappa shape index (κ1) is 19.7. The van der Waals surface area contributed by atoms with Crippen LogP contribution in [0.5, 0.6) is 0 Å². The number of ether oxygens (including phenoxy) is 1. The Bertz CT molecular complexity index is 1100. The van der Waals surface area contributed by atoms with E-state index in [1.54, 1.807) is 6.07 Å². The van der Waals surface area contributed by atoms with E-state index in [4.69, 9.17) is 16.3 Å². The molecule has 1 amide bonds. The third-order valence-electron chi connectivity index (χ3n) is 3.75. The first-order chi connectivity index (χ1) is 13.2. The number of nitro groups is 1. The van der Waals surface area contributed by atoms with Crippen LogP contribution in [-0.2, 0) is 9.53 Å². The first-order valence-electron chi connectivity index (χ1n) is 7.89. The van der Waals surface area contributed by atoms with Gasteiger partial charge >= 0.3 is 5.97 Å². The van der Waals surface area contributed by atoms with Crippen molar-refractivity contribution in [3.63, 3.8) is 0 Å². The zero-order chi connectivity index (χ0) is 20.4. The lowest BCUT2D eigenvalue weighted by molar-refractivity contribution is -0.384. The van der Waals surface area contributed by atoms with Crippen LogP contribution >= 0.6 is 22.9 Å². The summed E-state index contributed by atoms with van der Waals surface area (Å²) in [6.45, 7) is 1.37. The number of rotatable bonds is 5. The van der Waals surface area contributed by atoms with Gasteiger partial charge in [0.2, 0.25) is 0 Å². The molecule has 3 aromatic rings. The summed E-state index contributed by atoms with van der Waals surface area (Å²) >= 11 is 7.05. The van der Waals surface area contributed by atoms with Gasteiger partial charge in [0.1, 0.15) is 10.7 Å². The van der Waals surface area contributed by atoms with E-state index < -0.39 is 28.7 Å². The van der Waals surface area contributed by atoms with Crippen LogP contribution in [0.3, 0.4) is 0 Å². The highest BCUT2D eigenvalue weighted by molar-refractivity contribution is 7.20. The van der Waals surface area contributed by atoms with Crippen molar-refractivity contribution in [2.45, 2.75) is 13.0 Å². The molecule has 1 aromatic heterocycles. The van der Waals surface area contributed by atoms with E-state index in [1.165, 1.54) is 37.3 Å². The molecule has 0 aliphatic carbocycles. The number of carbonyl (C=O) groups excluding carboxylic acids is 2. The Morgan fingerprint density at radius 1 is 1.25 bits per heavy atom. The van der Waals surface area contributed by atoms with Crippen molar-refractivity contribution in [3.8, 4) is 0 Å². The van der Waals surface area contributed by atoms with Crippen molar-refractivity contribution in [3.05, 3.63) is 68.3 Å². The topological polar surface area (TPSA) is 98.5 Å². The Kier molecular flexibility index (Phi) is 5.57. The third-order valence-corrected chi connectivity index (χ3v) is 5.16. The summed E-state index contributed by atoms with van der Waals surface area (Å²) in [6.07, 6.45) is -1.15. The highest BCUT2D eigenvalue weighted by Crippen LogP contribution is 2.28. The lowest BCUT2D eigenvalue weighted by Crippen LogP contribution is -2.29. The van der Waals surface area contributed by atoms with Gasteiger partial charge in [-0.3, -0.25) is 14.9 Å². The van der Waals surface area contributed by atoms with Crippen molar-refractivity contribution in [1.82, 2.24) is 0 Å². The largest absolute Gasteiger partial charge is 0.448 e. The van der Waals surface area contributed by atoms with Gasteiger partial charge in [-0.05, 0) is 42.6 Å². The van der Waals surface area contributed by atoms with E-state index in [2.05, 4.69) is 5.32 Å². The van der Waals surface area contributed by atoms with Gasteiger partial charge in [-0.15, -0.1) is 11.3 Å². The molecule has 1 atom stereocenters. The molecule has 0 radical (unpaired) electrons. The number of benzene rings is 2. The summed E-state index contributed by atoms with van der Waals surface area (Å²) in [4.78, 5) is 34.8. The number of nitrogens with one attached hydrogen (secondary N) is 1. The smallest absolute Gasteiger partial charge is 0.349 e. The SMILES string of the molecule is CC(OC(=O)c1cc2cc(F)ccc2s1)C(=O)Nc1ccc([N+](=O)[O-])cc1Cl. The number of esters is 1. The second-order valence-corrected chi connectivity index (χ2v) is 7.24. The predicted octanol–water partition coefficient (Wildman–Crippen LogP) is 4.79. The van der Waals surface area contributed by atoms with E-state index in [-0.39, 0.29) is 21.3 Å². The summed E-state index contributed by atoms with van der Waals surface area (Å²) in [5, 5.41) is 13.7. The number of hydrogen-bond acceptors (Lipinski definition) is 6. The van der Waals surface area contributed by atoms with Crippen LogP contribution in [-0.4, -0.2) is 22.9 Å². The van der Waals surface area contributed by atoms with Gasteiger partial charge in [0.15, 0.2) is 6.10 Å². The second kappa shape index (κ2) is 7.91. The number of halogens is 2. The molecule has 0 saturated carbocycles. The van der Waals surface area contributed by atoms with Crippen LogP contribution in [0.15, 0.2) is 42.5 Å². The number of nitrogens with zero attached hydrogens (tertiary/aromatic N) is 1. The molecule has 1 unspecified atom stereocenters. The number of nitro benzene ring substituents is 1. The summed E-state index contributed by atoms with van der Waals surface area (Å²) in [6, 6.07) is 9.21. The van der Waals surface area contributed by atoms with Gasteiger partial charge in [0, 0.05) is 16.8 Å². The van der Waals surface area contributed by atoms with Gasteiger partial charge < -0.3 is 10.1 Å². The Hall–Kier alpha value is -3.04. The van der Waals surface area contributed by atoms with E-state index in [1.807, 2.05) is 0 Å². The Morgan fingerprint density at radius 2 is 2.00 bits per heavy atom. The molecule has 1 N–H and O–H groups in total. The molecule has 0 aliphatic rings. The monoisotopic (exact) mass is 422 g/mol. The average molecular weight is 423 g/mol. The van der Waals surface area contributed by atoms with E-state index in [0.717, 1.165) is 17.4 Å². The number of fused-ring (bicyclic) bond motifs is 1. The number of amides is 1. The van der Waals surface area contributed by atoms with Crippen LogP contribution < -0.4 is 5.32 Å². The Labute approximate surface area is 166 Å². The molecule has 0 saturated heterocycles. The summed E-state index contributed by atoms with van der Waals surface area (Å²) in [5.41, 5.74) is -0.0684. The molecule has 7 nitrogen and oxygen atoms in total.